The second kappa shape index (κ2) is 10.9. The Labute approximate surface area is 209 Å². The highest BCUT2D eigenvalue weighted by Gasteiger charge is 2.23. The maximum absolute atomic E-state index is 13.2. The van der Waals surface area contributed by atoms with Gasteiger partial charge in [-0.15, -0.1) is 0 Å². The third-order valence-electron chi connectivity index (χ3n) is 6.18. The molecule has 0 radical (unpaired) electrons. The van der Waals surface area contributed by atoms with Crippen molar-refractivity contribution in [2.45, 2.75) is 25.9 Å². The summed E-state index contributed by atoms with van der Waals surface area (Å²) in [5.74, 6) is -0.932. The smallest absolute Gasteiger partial charge is 0.339 e. The molecule has 1 saturated heterocycles. The highest BCUT2D eigenvalue weighted by Crippen LogP contribution is 2.30. The molecule has 1 heterocycles. The summed E-state index contributed by atoms with van der Waals surface area (Å²) in [5.41, 5.74) is 2.18. The number of piperidine rings is 1. The summed E-state index contributed by atoms with van der Waals surface area (Å²) in [6, 6.07) is 19.1. The molecule has 3 aromatic rings. The first-order chi connectivity index (χ1) is 17.4. The van der Waals surface area contributed by atoms with E-state index in [-0.39, 0.29) is 34.6 Å². The summed E-state index contributed by atoms with van der Waals surface area (Å²) >= 11 is 0. The zero-order valence-corrected chi connectivity index (χ0v) is 20.2. The summed E-state index contributed by atoms with van der Waals surface area (Å²) in [6.45, 7) is 2.77. The zero-order chi connectivity index (χ0) is 25.7. The van der Waals surface area contributed by atoms with Crippen LogP contribution >= 0.6 is 0 Å². The fourth-order valence-electron chi connectivity index (χ4n) is 4.19. The number of phenols is 1. The molecule has 1 aliphatic heterocycles. The predicted octanol–water partition coefficient (Wildman–Crippen LogP) is 4.49. The first kappa shape index (κ1) is 24.8. The van der Waals surface area contributed by atoms with Gasteiger partial charge in [0.15, 0.2) is 0 Å². The highest BCUT2D eigenvalue weighted by atomic mass is 16.5. The van der Waals surface area contributed by atoms with Crippen molar-refractivity contribution in [3.8, 4) is 22.6 Å². The van der Waals surface area contributed by atoms with Crippen molar-refractivity contribution in [1.82, 2.24) is 4.90 Å². The molecule has 0 aromatic heterocycles. The maximum Gasteiger partial charge on any atom is 0.339 e. The van der Waals surface area contributed by atoms with E-state index in [0.29, 0.717) is 31.7 Å². The topological polar surface area (TPSA) is 105 Å². The quantitative estimate of drug-likeness (QED) is 0.496. The minimum atomic E-state index is -0.597. The summed E-state index contributed by atoms with van der Waals surface area (Å²) < 4.78 is 10.9. The number of nitrogens with zero attached hydrogens (tertiary/aromatic N) is 1. The van der Waals surface area contributed by atoms with Crippen molar-refractivity contribution in [1.29, 1.82) is 0 Å². The number of amides is 2. The number of carbonyl (C=O) groups excluding carboxylic acids is 3. The van der Waals surface area contributed by atoms with Crippen LogP contribution in [0.1, 0.15) is 40.5 Å². The van der Waals surface area contributed by atoms with Crippen LogP contribution in [0.3, 0.4) is 0 Å². The number of methoxy groups -OCH3 is 1. The second-order valence-corrected chi connectivity index (χ2v) is 8.57. The molecule has 0 unspecified atom stereocenters. The molecule has 2 amide bonds. The molecule has 8 heteroatoms. The van der Waals surface area contributed by atoms with Gasteiger partial charge in [-0.1, -0.05) is 36.4 Å². The fourth-order valence-corrected chi connectivity index (χ4v) is 4.19. The van der Waals surface area contributed by atoms with E-state index in [2.05, 4.69) is 5.32 Å². The predicted molar refractivity (Wildman–Crippen MR) is 135 cm³/mol. The molecule has 186 valence electrons. The van der Waals surface area contributed by atoms with E-state index < -0.39 is 11.9 Å². The number of ether oxygens (including phenoxy) is 2. The molecular formula is C28H28N2O6. The van der Waals surface area contributed by atoms with Gasteiger partial charge in [0.1, 0.15) is 17.6 Å². The number of anilines is 1. The summed E-state index contributed by atoms with van der Waals surface area (Å²) in [7, 11) is 1.27. The Bertz CT molecular complexity index is 1270. The van der Waals surface area contributed by atoms with E-state index >= 15 is 0 Å². The lowest BCUT2D eigenvalue weighted by atomic mass is 10.0. The molecule has 8 nitrogen and oxygen atoms in total. The first-order valence-corrected chi connectivity index (χ1v) is 11.7. The van der Waals surface area contributed by atoms with Crippen LogP contribution in [0.5, 0.6) is 11.5 Å². The molecule has 1 fully saturated rings. The van der Waals surface area contributed by atoms with E-state index in [1.54, 1.807) is 36.1 Å². The number of benzene rings is 3. The van der Waals surface area contributed by atoms with Crippen molar-refractivity contribution in [3.63, 3.8) is 0 Å². The standard InChI is InChI=1S/C28H28N2O6/c1-18(31)30-14-12-21(13-15-30)36-22-9-11-26(32)24(17-22)27(33)29-25-16-20(19-6-4-3-5-7-19)8-10-23(25)28(34)35-2/h3-11,16-17,21,32H,12-15H2,1-2H3,(H,29,33). The maximum atomic E-state index is 13.2. The Hall–Kier alpha value is -4.33. The SMILES string of the molecule is COC(=O)c1ccc(-c2ccccc2)cc1NC(=O)c1cc(OC2CCN(C(C)=O)CC2)ccc1O. The zero-order valence-electron chi connectivity index (χ0n) is 20.2. The third kappa shape index (κ3) is 5.66. The molecule has 0 aliphatic carbocycles. The van der Waals surface area contributed by atoms with Gasteiger partial charge in [-0.2, -0.15) is 0 Å². The van der Waals surface area contributed by atoms with Crippen LogP contribution in [-0.2, 0) is 9.53 Å². The van der Waals surface area contributed by atoms with Gasteiger partial charge in [0.25, 0.3) is 5.91 Å². The molecule has 0 spiro atoms. The van der Waals surface area contributed by atoms with E-state index in [1.165, 1.54) is 19.2 Å². The fraction of sp³-hybridized carbons (Fsp3) is 0.250. The molecule has 36 heavy (non-hydrogen) atoms. The van der Waals surface area contributed by atoms with Gasteiger partial charge in [-0.3, -0.25) is 9.59 Å². The third-order valence-corrected chi connectivity index (χ3v) is 6.18. The average Bonchev–Trinajstić information content (AvgIpc) is 2.90. The van der Waals surface area contributed by atoms with Gasteiger partial charge in [0.2, 0.25) is 5.91 Å². The van der Waals surface area contributed by atoms with Crippen molar-refractivity contribution < 1.29 is 29.0 Å². The number of nitrogens with one attached hydrogen (secondary N) is 1. The van der Waals surface area contributed by atoms with Crippen LogP contribution < -0.4 is 10.1 Å². The van der Waals surface area contributed by atoms with Gasteiger partial charge in [0.05, 0.1) is 23.9 Å². The lowest BCUT2D eigenvalue weighted by Crippen LogP contribution is -2.40. The number of hydrogen-bond acceptors (Lipinski definition) is 6. The summed E-state index contributed by atoms with van der Waals surface area (Å²) in [5, 5.41) is 13.1. The van der Waals surface area contributed by atoms with E-state index in [1.807, 2.05) is 30.3 Å². The number of carbonyl (C=O) groups is 3. The summed E-state index contributed by atoms with van der Waals surface area (Å²) in [6.07, 6.45) is 1.25. The van der Waals surface area contributed by atoms with Gasteiger partial charge < -0.3 is 24.8 Å². The normalized spacial score (nSPS) is 13.7. The number of hydrogen-bond donors (Lipinski definition) is 2. The van der Waals surface area contributed by atoms with Crippen LogP contribution in [-0.4, -0.2) is 54.1 Å². The molecule has 1 aliphatic rings. The van der Waals surface area contributed by atoms with Gasteiger partial charge in [0, 0.05) is 32.9 Å². The van der Waals surface area contributed by atoms with E-state index in [9.17, 15) is 19.5 Å². The largest absolute Gasteiger partial charge is 0.507 e. The highest BCUT2D eigenvalue weighted by molar-refractivity contribution is 6.10. The van der Waals surface area contributed by atoms with E-state index in [0.717, 1.165) is 11.1 Å². The van der Waals surface area contributed by atoms with Crippen LogP contribution in [0.25, 0.3) is 11.1 Å². The average molecular weight is 489 g/mol. The Kier molecular flexibility index (Phi) is 7.53. The van der Waals surface area contributed by atoms with Crippen LogP contribution in [0.4, 0.5) is 5.69 Å². The lowest BCUT2D eigenvalue weighted by molar-refractivity contribution is -0.130. The Morgan fingerprint density at radius 1 is 0.917 bits per heavy atom. The first-order valence-electron chi connectivity index (χ1n) is 11.7. The number of rotatable bonds is 6. The molecule has 4 rings (SSSR count). The van der Waals surface area contributed by atoms with Crippen LogP contribution in [0.15, 0.2) is 66.7 Å². The van der Waals surface area contributed by atoms with E-state index in [4.69, 9.17) is 9.47 Å². The molecule has 2 N–H and O–H groups in total. The minimum absolute atomic E-state index is 0.00889. The van der Waals surface area contributed by atoms with Crippen molar-refractivity contribution in [2.24, 2.45) is 0 Å². The van der Waals surface area contributed by atoms with Crippen molar-refractivity contribution in [3.05, 3.63) is 77.9 Å². The molecule has 3 aromatic carbocycles. The van der Waals surface area contributed by atoms with Crippen LogP contribution in [0, 0.1) is 0 Å². The van der Waals surface area contributed by atoms with Crippen molar-refractivity contribution in [2.75, 3.05) is 25.5 Å². The number of esters is 1. The Balaban J connectivity index is 1.55. The summed E-state index contributed by atoms with van der Waals surface area (Å²) in [4.78, 5) is 38.8. The monoisotopic (exact) mass is 488 g/mol. The van der Waals surface area contributed by atoms with Gasteiger partial charge in [-0.25, -0.2) is 4.79 Å². The van der Waals surface area contributed by atoms with Gasteiger partial charge >= 0.3 is 5.97 Å². The number of phenolic OH excluding ortho intramolecular Hbond substituents is 1. The molecule has 0 atom stereocenters. The Morgan fingerprint density at radius 3 is 2.31 bits per heavy atom. The van der Waals surface area contributed by atoms with Gasteiger partial charge in [-0.05, 0) is 41.5 Å². The molecule has 0 bridgehead atoms. The second-order valence-electron chi connectivity index (χ2n) is 8.57. The molecule has 0 saturated carbocycles. The number of likely N-dealkylation sites (tertiary alicyclic amines) is 1. The lowest BCUT2D eigenvalue weighted by Gasteiger charge is -2.31. The van der Waals surface area contributed by atoms with Crippen LogP contribution in [0.2, 0.25) is 0 Å². The van der Waals surface area contributed by atoms with Crippen molar-refractivity contribution >= 4 is 23.5 Å². The minimum Gasteiger partial charge on any atom is -0.507 e. The number of aromatic hydroxyl groups is 1. The Morgan fingerprint density at radius 2 is 1.64 bits per heavy atom. The molecular weight excluding hydrogens is 460 g/mol.